The zero-order chi connectivity index (χ0) is 26.5. The molecule has 1 aliphatic rings. The lowest BCUT2D eigenvalue weighted by Crippen LogP contribution is -2.39. The summed E-state index contributed by atoms with van der Waals surface area (Å²) in [5.41, 5.74) is 7.06. The summed E-state index contributed by atoms with van der Waals surface area (Å²) in [5.74, 6) is -1.99. The number of aryl methyl sites for hydroxylation is 1. The number of fused-ring (bicyclic) bond motifs is 1. The lowest BCUT2D eigenvalue weighted by Gasteiger charge is -2.25. The lowest BCUT2D eigenvalue weighted by molar-refractivity contribution is -0.137. The number of carbonyl (C=O) groups is 2. The SMILES string of the molecule is Cc1ccc(F)cc1Nc1nc2ccc(CC(=O)N3CCC[C@H]3CO/C(=C\N)CCC(=O)O)c(F)c2o1. The highest BCUT2D eigenvalue weighted by molar-refractivity contribution is 5.82. The molecule has 0 spiro atoms. The number of anilines is 2. The predicted octanol–water partition coefficient (Wildman–Crippen LogP) is 4.37. The van der Waals surface area contributed by atoms with E-state index in [0.29, 0.717) is 24.4 Å². The maximum absolute atomic E-state index is 15.3. The number of nitrogens with one attached hydrogen (secondary N) is 1. The van der Waals surface area contributed by atoms with Crippen molar-refractivity contribution < 1.29 is 32.6 Å². The van der Waals surface area contributed by atoms with Gasteiger partial charge >= 0.3 is 5.97 Å². The van der Waals surface area contributed by atoms with Crippen molar-refractivity contribution in [2.45, 2.75) is 45.1 Å². The average Bonchev–Trinajstić information content (AvgIpc) is 3.50. The van der Waals surface area contributed by atoms with Gasteiger partial charge in [-0.2, -0.15) is 4.98 Å². The molecule has 196 valence electrons. The molecule has 1 aliphatic heterocycles. The van der Waals surface area contributed by atoms with Crippen LogP contribution >= 0.6 is 0 Å². The molecule has 2 aromatic carbocycles. The van der Waals surface area contributed by atoms with Gasteiger partial charge in [0, 0.05) is 30.4 Å². The van der Waals surface area contributed by atoms with Crippen LogP contribution < -0.4 is 11.1 Å². The van der Waals surface area contributed by atoms with E-state index in [1.54, 1.807) is 24.0 Å². The summed E-state index contributed by atoms with van der Waals surface area (Å²) >= 11 is 0. The van der Waals surface area contributed by atoms with Crippen molar-refractivity contribution in [3.05, 3.63) is 65.1 Å². The van der Waals surface area contributed by atoms with Crippen LogP contribution in [0.4, 0.5) is 20.5 Å². The minimum atomic E-state index is -0.960. The van der Waals surface area contributed by atoms with E-state index in [9.17, 15) is 14.0 Å². The fourth-order valence-electron chi connectivity index (χ4n) is 4.27. The number of halogens is 2. The first-order chi connectivity index (χ1) is 17.7. The fourth-order valence-corrected chi connectivity index (χ4v) is 4.27. The molecule has 1 aromatic heterocycles. The Labute approximate surface area is 211 Å². The minimum absolute atomic E-state index is 0.00879. The topological polar surface area (TPSA) is 131 Å². The summed E-state index contributed by atoms with van der Waals surface area (Å²) in [6.07, 6.45) is 2.58. The van der Waals surface area contributed by atoms with Gasteiger partial charge in [-0.3, -0.25) is 9.59 Å². The molecule has 1 amide bonds. The van der Waals surface area contributed by atoms with Crippen LogP contribution in [-0.4, -0.2) is 46.1 Å². The second-order valence-corrected chi connectivity index (χ2v) is 8.89. The van der Waals surface area contributed by atoms with Crippen LogP contribution in [0.5, 0.6) is 0 Å². The van der Waals surface area contributed by atoms with Crippen molar-refractivity contribution in [2.75, 3.05) is 18.5 Å². The Balaban J connectivity index is 1.43. The van der Waals surface area contributed by atoms with Crippen molar-refractivity contribution in [1.29, 1.82) is 0 Å². The van der Waals surface area contributed by atoms with Crippen LogP contribution in [0, 0.1) is 18.6 Å². The molecule has 4 N–H and O–H groups in total. The fraction of sp³-hybridized carbons (Fsp3) is 0.346. The van der Waals surface area contributed by atoms with E-state index in [4.69, 9.17) is 20.0 Å². The lowest BCUT2D eigenvalue weighted by atomic mass is 10.1. The highest BCUT2D eigenvalue weighted by Gasteiger charge is 2.30. The van der Waals surface area contributed by atoms with Gasteiger partial charge in [-0.25, -0.2) is 8.78 Å². The third-order valence-corrected chi connectivity index (χ3v) is 6.29. The monoisotopic (exact) mass is 514 g/mol. The van der Waals surface area contributed by atoms with Crippen LogP contribution in [0.2, 0.25) is 0 Å². The zero-order valence-corrected chi connectivity index (χ0v) is 20.3. The summed E-state index contributed by atoms with van der Waals surface area (Å²) in [5, 5.41) is 11.7. The molecule has 2 heterocycles. The Kier molecular flexibility index (Phi) is 7.90. The quantitative estimate of drug-likeness (QED) is 0.340. The second kappa shape index (κ2) is 11.3. The number of carboxylic acids is 1. The highest BCUT2D eigenvalue weighted by atomic mass is 19.1. The molecule has 0 aliphatic carbocycles. The van der Waals surface area contributed by atoms with E-state index < -0.39 is 17.6 Å². The number of likely N-dealkylation sites (tertiary alicyclic amines) is 1. The molecule has 0 radical (unpaired) electrons. The molecule has 0 saturated carbocycles. The molecule has 1 saturated heterocycles. The number of carboxylic acid groups (broad SMARTS) is 1. The number of nitrogens with two attached hydrogens (primary N) is 1. The number of rotatable bonds is 10. The molecule has 1 atom stereocenters. The summed E-state index contributed by atoms with van der Waals surface area (Å²) in [6.45, 7) is 2.47. The van der Waals surface area contributed by atoms with Crippen LogP contribution in [0.3, 0.4) is 0 Å². The van der Waals surface area contributed by atoms with Crippen molar-refractivity contribution in [3.63, 3.8) is 0 Å². The number of oxazole rings is 1. The minimum Gasteiger partial charge on any atom is -0.494 e. The molecular weight excluding hydrogens is 486 g/mol. The van der Waals surface area contributed by atoms with E-state index >= 15 is 4.39 Å². The van der Waals surface area contributed by atoms with Gasteiger partial charge in [-0.15, -0.1) is 0 Å². The van der Waals surface area contributed by atoms with Crippen LogP contribution in [0.15, 0.2) is 46.7 Å². The van der Waals surface area contributed by atoms with E-state index in [2.05, 4.69) is 10.3 Å². The molecule has 4 rings (SSSR count). The predicted molar refractivity (Wildman–Crippen MR) is 132 cm³/mol. The zero-order valence-electron chi connectivity index (χ0n) is 20.3. The molecule has 3 aromatic rings. The summed E-state index contributed by atoms with van der Waals surface area (Å²) < 4.78 is 40.1. The van der Waals surface area contributed by atoms with Crippen molar-refractivity contribution in [3.8, 4) is 0 Å². The first kappa shape index (κ1) is 25.9. The number of aromatic nitrogens is 1. The van der Waals surface area contributed by atoms with Crippen LogP contribution in [0.1, 0.15) is 36.8 Å². The number of amides is 1. The molecule has 11 heteroatoms. The third-order valence-electron chi connectivity index (χ3n) is 6.29. The van der Waals surface area contributed by atoms with Gasteiger partial charge in [-0.1, -0.05) is 12.1 Å². The van der Waals surface area contributed by atoms with Crippen molar-refractivity contribution in [1.82, 2.24) is 9.88 Å². The van der Waals surface area contributed by atoms with E-state index in [-0.39, 0.29) is 60.5 Å². The number of nitrogens with zero attached hydrogens (tertiary/aromatic N) is 2. The molecular formula is C26H28F2N4O5. The normalized spacial score (nSPS) is 15.8. The number of benzene rings is 2. The third kappa shape index (κ3) is 6.16. The van der Waals surface area contributed by atoms with Gasteiger partial charge in [0.1, 0.15) is 23.7 Å². The summed E-state index contributed by atoms with van der Waals surface area (Å²) in [4.78, 5) is 29.7. The van der Waals surface area contributed by atoms with Crippen LogP contribution in [-0.2, 0) is 20.7 Å². The molecule has 9 nitrogen and oxygen atoms in total. The maximum atomic E-state index is 15.3. The number of carbonyl (C=O) groups excluding carboxylic acids is 1. The standard InChI is InChI=1S/C26H28F2N4O5/c1-15-4-6-17(27)12-21(15)31-26-30-20-8-5-16(24(28)25(20)37-26)11-22(33)32-10-2-3-18(32)14-36-19(13-29)7-9-23(34)35/h4-6,8,12-13,18H,2-3,7,9-11,14,29H2,1H3,(H,30,31)(H,34,35)/b19-13-/t18-/m0/s1. The van der Waals surface area contributed by atoms with Gasteiger partial charge in [0.2, 0.25) is 5.91 Å². The van der Waals surface area contributed by atoms with Gasteiger partial charge in [0.25, 0.3) is 6.01 Å². The number of hydrogen-bond donors (Lipinski definition) is 3. The second-order valence-electron chi connectivity index (χ2n) is 8.89. The average molecular weight is 515 g/mol. The van der Waals surface area contributed by atoms with E-state index in [0.717, 1.165) is 12.0 Å². The number of ether oxygens (including phenoxy) is 1. The van der Waals surface area contributed by atoms with Crippen LogP contribution in [0.25, 0.3) is 11.1 Å². The molecule has 37 heavy (non-hydrogen) atoms. The van der Waals surface area contributed by atoms with E-state index in [1.165, 1.54) is 24.4 Å². The Morgan fingerprint density at radius 2 is 2.11 bits per heavy atom. The first-order valence-electron chi connectivity index (χ1n) is 11.9. The summed E-state index contributed by atoms with van der Waals surface area (Å²) in [6, 6.07) is 7.07. The largest absolute Gasteiger partial charge is 0.494 e. The number of aliphatic carboxylic acids is 1. The Hall–Kier alpha value is -4.15. The van der Waals surface area contributed by atoms with Gasteiger partial charge in [0.15, 0.2) is 11.4 Å². The molecule has 1 fully saturated rings. The van der Waals surface area contributed by atoms with E-state index in [1.807, 2.05) is 0 Å². The number of hydrogen-bond acceptors (Lipinski definition) is 7. The highest BCUT2D eigenvalue weighted by Crippen LogP contribution is 2.29. The van der Waals surface area contributed by atoms with Crippen molar-refractivity contribution >= 4 is 34.7 Å². The van der Waals surface area contributed by atoms with Crippen molar-refractivity contribution in [2.24, 2.45) is 5.73 Å². The number of allylic oxidation sites excluding steroid dienone is 1. The molecule has 0 unspecified atom stereocenters. The smallest absolute Gasteiger partial charge is 0.303 e. The van der Waals surface area contributed by atoms with Gasteiger partial charge < -0.3 is 30.2 Å². The Morgan fingerprint density at radius 1 is 1.30 bits per heavy atom. The van der Waals surface area contributed by atoms with Gasteiger partial charge in [0.05, 0.1) is 18.9 Å². The first-order valence-corrected chi connectivity index (χ1v) is 11.9. The van der Waals surface area contributed by atoms with Gasteiger partial charge in [-0.05, 0) is 43.5 Å². The Bertz CT molecular complexity index is 1340. The Morgan fingerprint density at radius 3 is 2.86 bits per heavy atom. The maximum Gasteiger partial charge on any atom is 0.303 e. The molecule has 0 bridgehead atoms. The summed E-state index contributed by atoms with van der Waals surface area (Å²) in [7, 11) is 0.